The Morgan fingerprint density at radius 2 is 1.90 bits per heavy atom. The van der Waals surface area contributed by atoms with Gasteiger partial charge >= 0.3 is 0 Å². The largest absolute Gasteiger partial charge is 0.497 e. The van der Waals surface area contributed by atoms with Gasteiger partial charge in [-0.15, -0.1) is 0 Å². The summed E-state index contributed by atoms with van der Waals surface area (Å²) in [5.74, 6) is 0.861. The molecule has 0 radical (unpaired) electrons. The van der Waals surface area contributed by atoms with E-state index in [1.54, 1.807) is 7.11 Å². The molecule has 1 heterocycles. The number of rotatable bonds is 4. The maximum atomic E-state index is 6.00. The quantitative estimate of drug-likeness (QED) is 0.851. The van der Waals surface area contributed by atoms with Crippen molar-refractivity contribution in [3.8, 4) is 5.75 Å². The van der Waals surface area contributed by atoms with E-state index in [9.17, 15) is 0 Å². The summed E-state index contributed by atoms with van der Waals surface area (Å²) >= 11 is 0. The molecule has 0 saturated heterocycles. The van der Waals surface area contributed by atoms with E-state index in [2.05, 4.69) is 12.1 Å². The second-order valence-corrected chi connectivity index (χ2v) is 4.86. The first-order chi connectivity index (χ1) is 9.86. The molecule has 3 rings (SSSR count). The Labute approximate surface area is 119 Å². The van der Waals surface area contributed by atoms with Crippen molar-refractivity contribution in [1.29, 1.82) is 0 Å². The summed E-state index contributed by atoms with van der Waals surface area (Å²) in [5, 5.41) is 0. The van der Waals surface area contributed by atoms with Crippen LogP contribution < -0.4 is 4.74 Å². The molecular weight excluding hydrogens is 252 g/mol. The van der Waals surface area contributed by atoms with Gasteiger partial charge in [-0.3, -0.25) is 0 Å². The molecule has 0 amide bonds. The molecule has 1 atom stereocenters. The van der Waals surface area contributed by atoms with Crippen LogP contribution in [-0.4, -0.2) is 13.7 Å². The first-order valence-corrected chi connectivity index (χ1v) is 6.77. The Kier molecular flexibility index (Phi) is 4.00. The molecule has 1 aliphatic heterocycles. The van der Waals surface area contributed by atoms with Crippen molar-refractivity contribution < 1.29 is 14.2 Å². The number of ether oxygens (including phenoxy) is 3. The summed E-state index contributed by atoms with van der Waals surface area (Å²) < 4.78 is 16.7. The summed E-state index contributed by atoms with van der Waals surface area (Å²) in [4.78, 5) is 0. The standard InChI is InChI=1S/C17H18O3/c1-18-15-8-6-13(7-9-15)10-20-17-12-19-11-14-4-2-3-5-16(14)17/h2-9,17H,10-12H2,1H3/t17-/m0/s1. The molecule has 0 unspecified atom stereocenters. The number of methoxy groups -OCH3 is 1. The maximum Gasteiger partial charge on any atom is 0.118 e. The van der Waals surface area contributed by atoms with Crippen LogP contribution in [-0.2, 0) is 22.7 Å². The number of fused-ring (bicyclic) bond motifs is 1. The molecule has 2 aromatic carbocycles. The molecule has 0 saturated carbocycles. The fraction of sp³-hybridized carbons (Fsp3) is 0.294. The lowest BCUT2D eigenvalue weighted by atomic mass is 10.0. The van der Waals surface area contributed by atoms with Gasteiger partial charge in [-0.05, 0) is 28.8 Å². The topological polar surface area (TPSA) is 27.7 Å². The van der Waals surface area contributed by atoms with Crippen LogP contribution in [0.15, 0.2) is 48.5 Å². The molecule has 3 nitrogen and oxygen atoms in total. The first-order valence-electron chi connectivity index (χ1n) is 6.77. The van der Waals surface area contributed by atoms with E-state index in [-0.39, 0.29) is 6.10 Å². The number of benzene rings is 2. The molecule has 3 heteroatoms. The Hall–Kier alpha value is -1.84. The third kappa shape index (κ3) is 2.84. The van der Waals surface area contributed by atoms with Gasteiger partial charge in [0.25, 0.3) is 0 Å². The highest BCUT2D eigenvalue weighted by Crippen LogP contribution is 2.28. The van der Waals surface area contributed by atoms with Crippen molar-refractivity contribution >= 4 is 0 Å². The van der Waals surface area contributed by atoms with Gasteiger partial charge in [-0.2, -0.15) is 0 Å². The molecular formula is C17H18O3. The van der Waals surface area contributed by atoms with Crippen molar-refractivity contribution in [2.75, 3.05) is 13.7 Å². The van der Waals surface area contributed by atoms with E-state index in [0.29, 0.717) is 19.8 Å². The average molecular weight is 270 g/mol. The predicted molar refractivity (Wildman–Crippen MR) is 76.6 cm³/mol. The second kappa shape index (κ2) is 6.07. The van der Waals surface area contributed by atoms with Crippen molar-refractivity contribution in [2.24, 2.45) is 0 Å². The zero-order chi connectivity index (χ0) is 13.8. The third-order valence-corrected chi connectivity index (χ3v) is 3.54. The normalized spacial score (nSPS) is 17.6. The summed E-state index contributed by atoms with van der Waals surface area (Å²) in [6, 6.07) is 16.2. The van der Waals surface area contributed by atoms with Gasteiger partial charge in [-0.1, -0.05) is 36.4 Å². The van der Waals surface area contributed by atoms with Gasteiger partial charge in [0.1, 0.15) is 11.9 Å². The minimum Gasteiger partial charge on any atom is -0.497 e. The molecule has 0 aromatic heterocycles. The van der Waals surface area contributed by atoms with Crippen LogP contribution in [0.3, 0.4) is 0 Å². The Balaban J connectivity index is 1.66. The Bertz CT molecular complexity index is 563. The van der Waals surface area contributed by atoms with Crippen LogP contribution in [0.4, 0.5) is 0 Å². The fourth-order valence-corrected chi connectivity index (χ4v) is 2.40. The van der Waals surface area contributed by atoms with Crippen LogP contribution in [0.2, 0.25) is 0 Å². The maximum absolute atomic E-state index is 6.00. The minimum atomic E-state index is 0.0158. The highest BCUT2D eigenvalue weighted by atomic mass is 16.5. The third-order valence-electron chi connectivity index (χ3n) is 3.54. The van der Waals surface area contributed by atoms with Crippen LogP contribution in [0.25, 0.3) is 0 Å². The molecule has 20 heavy (non-hydrogen) atoms. The summed E-state index contributed by atoms with van der Waals surface area (Å²) in [7, 11) is 1.67. The molecule has 0 bridgehead atoms. The van der Waals surface area contributed by atoms with E-state index < -0.39 is 0 Å². The van der Waals surface area contributed by atoms with Gasteiger partial charge in [0.2, 0.25) is 0 Å². The van der Waals surface area contributed by atoms with E-state index in [1.165, 1.54) is 11.1 Å². The Morgan fingerprint density at radius 1 is 1.10 bits per heavy atom. The smallest absolute Gasteiger partial charge is 0.118 e. The molecule has 0 N–H and O–H groups in total. The zero-order valence-electron chi connectivity index (χ0n) is 11.5. The lowest BCUT2D eigenvalue weighted by molar-refractivity contribution is -0.0450. The van der Waals surface area contributed by atoms with E-state index >= 15 is 0 Å². The van der Waals surface area contributed by atoms with Crippen LogP contribution in [0.5, 0.6) is 5.75 Å². The lowest BCUT2D eigenvalue weighted by Gasteiger charge is -2.25. The number of hydrogen-bond acceptors (Lipinski definition) is 3. The fourth-order valence-electron chi connectivity index (χ4n) is 2.40. The zero-order valence-corrected chi connectivity index (χ0v) is 11.5. The summed E-state index contributed by atoms with van der Waals surface area (Å²) in [6.07, 6.45) is 0.0158. The molecule has 0 spiro atoms. The SMILES string of the molecule is COc1ccc(CO[C@H]2COCc3ccccc32)cc1. The summed E-state index contributed by atoms with van der Waals surface area (Å²) in [5.41, 5.74) is 3.60. The molecule has 104 valence electrons. The molecule has 0 fully saturated rings. The van der Waals surface area contributed by atoms with Gasteiger partial charge in [-0.25, -0.2) is 0 Å². The highest BCUT2D eigenvalue weighted by Gasteiger charge is 2.20. The lowest BCUT2D eigenvalue weighted by Crippen LogP contribution is -2.19. The monoisotopic (exact) mass is 270 g/mol. The predicted octanol–water partition coefficient (Wildman–Crippen LogP) is 3.48. The van der Waals surface area contributed by atoms with Gasteiger partial charge in [0.05, 0.1) is 26.9 Å². The van der Waals surface area contributed by atoms with E-state index in [0.717, 1.165) is 11.3 Å². The van der Waals surface area contributed by atoms with Crippen molar-refractivity contribution in [2.45, 2.75) is 19.3 Å². The summed E-state index contributed by atoms with van der Waals surface area (Å²) in [6.45, 7) is 1.87. The minimum absolute atomic E-state index is 0.0158. The highest BCUT2D eigenvalue weighted by molar-refractivity contribution is 5.30. The molecule has 0 aliphatic carbocycles. The average Bonchev–Trinajstić information content (AvgIpc) is 2.53. The van der Waals surface area contributed by atoms with E-state index in [4.69, 9.17) is 14.2 Å². The van der Waals surface area contributed by atoms with Crippen molar-refractivity contribution in [1.82, 2.24) is 0 Å². The van der Waals surface area contributed by atoms with Gasteiger partial charge in [0, 0.05) is 0 Å². The van der Waals surface area contributed by atoms with Crippen molar-refractivity contribution in [3.05, 3.63) is 65.2 Å². The van der Waals surface area contributed by atoms with Crippen LogP contribution in [0.1, 0.15) is 22.8 Å². The van der Waals surface area contributed by atoms with Crippen molar-refractivity contribution in [3.63, 3.8) is 0 Å². The van der Waals surface area contributed by atoms with Crippen LogP contribution in [0, 0.1) is 0 Å². The Morgan fingerprint density at radius 3 is 2.70 bits per heavy atom. The second-order valence-electron chi connectivity index (χ2n) is 4.86. The first kappa shape index (κ1) is 13.2. The molecule has 1 aliphatic rings. The van der Waals surface area contributed by atoms with E-state index in [1.807, 2.05) is 36.4 Å². The van der Waals surface area contributed by atoms with Gasteiger partial charge < -0.3 is 14.2 Å². The van der Waals surface area contributed by atoms with Crippen LogP contribution >= 0.6 is 0 Å². The molecule has 2 aromatic rings. The number of hydrogen-bond donors (Lipinski definition) is 0. The van der Waals surface area contributed by atoms with Gasteiger partial charge in [0.15, 0.2) is 0 Å².